The Balaban J connectivity index is 2.29. The Bertz CT molecular complexity index is 705. The van der Waals surface area contributed by atoms with Crippen LogP contribution >= 0.6 is 0 Å². The van der Waals surface area contributed by atoms with E-state index in [1.54, 1.807) is 36.4 Å². The van der Waals surface area contributed by atoms with Crippen LogP contribution in [-0.2, 0) is 11.2 Å². The molecule has 0 N–H and O–H groups in total. The lowest BCUT2D eigenvalue weighted by molar-refractivity contribution is 0.0599. The summed E-state index contributed by atoms with van der Waals surface area (Å²) < 4.78 is 10.3. The Hall–Kier alpha value is -2.87. The molecule has 106 valence electrons. The monoisotopic (exact) mass is 282 g/mol. The molecule has 0 unspecified atom stereocenters. The minimum absolute atomic E-state index is 0.370. The molecule has 0 atom stereocenters. The van der Waals surface area contributed by atoms with Gasteiger partial charge in [0.05, 0.1) is 30.0 Å². The van der Waals surface area contributed by atoms with E-state index in [9.17, 15) is 4.79 Å². The molecular formula is C16H14N2O3. The Kier molecular flexibility index (Phi) is 4.52. The number of rotatable bonds is 4. The molecule has 1 aromatic heterocycles. The number of pyridine rings is 1. The highest BCUT2D eigenvalue weighted by Gasteiger charge is 2.13. The molecule has 0 radical (unpaired) electrons. The summed E-state index contributed by atoms with van der Waals surface area (Å²) in [4.78, 5) is 15.9. The van der Waals surface area contributed by atoms with Gasteiger partial charge in [-0.25, -0.2) is 9.78 Å². The van der Waals surface area contributed by atoms with Crippen LogP contribution < -0.4 is 4.74 Å². The second-order valence-electron chi connectivity index (χ2n) is 4.23. The largest absolute Gasteiger partial charge is 0.465 e. The summed E-state index contributed by atoms with van der Waals surface area (Å²) in [5.41, 5.74) is 1.54. The summed E-state index contributed by atoms with van der Waals surface area (Å²) in [5.74, 6) is 0.474. The number of nitriles is 1. The summed E-state index contributed by atoms with van der Waals surface area (Å²) >= 11 is 0. The lowest BCUT2D eigenvalue weighted by Gasteiger charge is -2.09. The molecule has 21 heavy (non-hydrogen) atoms. The Morgan fingerprint density at radius 2 is 2.14 bits per heavy atom. The lowest BCUT2D eigenvalue weighted by atomic mass is 10.1. The molecule has 5 heteroatoms. The van der Waals surface area contributed by atoms with Crippen molar-refractivity contribution in [3.05, 3.63) is 53.2 Å². The van der Waals surface area contributed by atoms with Gasteiger partial charge in [0.1, 0.15) is 5.75 Å². The molecule has 0 saturated heterocycles. The zero-order chi connectivity index (χ0) is 15.2. The average Bonchev–Trinajstić information content (AvgIpc) is 2.54. The van der Waals surface area contributed by atoms with Crippen molar-refractivity contribution in [1.29, 1.82) is 5.26 Å². The van der Waals surface area contributed by atoms with Gasteiger partial charge in [0, 0.05) is 6.07 Å². The molecule has 0 fully saturated rings. The predicted octanol–water partition coefficient (Wildman–Crippen LogP) is 3.09. The molecular weight excluding hydrogens is 268 g/mol. The van der Waals surface area contributed by atoms with E-state index in [0.717, 1.165) is 0 Å². The summed E-state index contributed by atoms with van der Waals surface area (Å²) in [6, 6.07) is 12.1. The van der Waals surface area contributed by atoms with Crippen molar-refractivity contribution in [3.63, 3.8) is 0 Å². The summed E-state index contributed by atoms with van der Waals surface area (Å²) in [6.45, 7) is 1.90. The molecule has 1 aromatic carbocycles. The fourth-order valence-corrected chi connectivity index (χ4v) is 1.85. The average molecular weight is 282 g/mol. The van der Waals surface area contributed by atoms with E-state index in [1.165, 1.54) is 7.11 Å². The van der Waals surface area contributed by atoms with Crippen LogP contribution in [0.3, 0.4) is 0 Å². The van der Waals surface area contributed by atoms with Crippen molar-refractivity contribution in [2.24, 2.45) is 0 Å². The van der Waals surface area contributed by atoms with Gasteiger partial charge >= 0.3 is 5.97 Å². The second-order valence-corrected chi connectivity index (χ2v) is 4.23. The maximum absolute atomic E-state index is 11.6. The van der Waals surface area contributed by atoms with Crippen LogP contribution in [0.5, 0.6) is 11.6 Å². The number of hydrogen-bond acceptors (Lipinski definition) is 5. The normalized spacial score (nSPS) is 9.76. The minimum atomic E-state index is -0.419. The topological polar surface area (TPSA) is 72.2 Å². The highest BCUT2D eigenvalue weighted by atomic mass is 16.5. The van der Waals surface area contributed by atoms with Gasteiger partial charge in [-0.3, -0.25) is 0 Å². The molecule has 1 heterocycles. The Morgan fingerprint density at radius 3 is 2.81 bits per heavy atom. The lowest BCUT2D eigenvalue weighted by Crippen LogP contribution is -2.07. The number of carbonyl (C=O) groups excluding carboxylic acids is 1. The molecule has 5 nitrogen and oxygen atoms in total. The van der Waals surface area contributed by atoms with Gasteiger partial charge in [-0.2, -0.15) is 5.26 Å². The number of benzene rings is 1. The fraction of sp³-hybridized carbons (Fsp3) is 0.188. The van der Waals surface area contributed by atoms with Crippen molar-refractivity contribution in [2.45, 2.75) is 13.3 Å². The van der Waals surface area contributed by atoms with Crippen LogP contribution in [0.4, 0.5) is 0 Å². The van der Waals surface area contributed by atoms with E-state index in [2.05, 4.69) is 4.98 Å². The van der Waals surface area contributed by atoms with E-state index in [0.29, 0.717) is 34.9 Å². The maximum atomic E-state index is 11.6. The number of aromatic nitrogens is 1. The van der Waals surface area contributed by atoms with Crippen LogP contribution in [0.25, 0.3) is 0 Å². The van der Waals surface area contributed by atoms with Crippen LogP contribution in [0.1, 0.15) is 28.5 Å². The van der Waals surface area contributed by atoms with E-state index in [-0.39, 0.29) is 0 Å². The van der Waals surface area contributed by atoms with Crippen LogP contribution in [0.15, 0.2) is 36.4 Å². The molecule has 0 amide bonds. The Labute approximate surface area is 122 Å². The second kappa shape index (κ2) is 6.53. The number of methoxy groups -OCH3 is 1. The van der Waals surface area contributed by atoms with E-state index in [4.69, 9.17) is 14.7 Å². The zero-order valence-corrected chi connectivity index (χ0v) is 11.8. The van der Waals surface area contributed by atoms with Crippen LogP contribution in [0, 0.1) is 11.3 Å². The van der Waals surface area contributed by atoms with Crippen molar-refractivity contribution in [3.8, 4) is 17.7 Å². The van der Waals surface area contributed by atoms with Gasteiger partial charge in [-0.1, -0.05) is 13.0 Å². The van der Waals surface area contributed by atoms with Crippen molar-refractivity contribution in [1.82, 2.24) is 4.98 Å². The SMILES string of the molecule is CCc1nc(Oc2cccc(C#N)c2)ccc1C(=O)OC. The first-order valence-corrected chi connectivity index (χ1v) is 6.44. The molecule has 0 aliphatic carbocycles. The molecule has 2 rings (SSSR count). The fourth-order valence-electron chi connectivity index (χ4n) is 1.85. The van der Waals surface area contributed by atoms with Gasteiger partial charge < -0.3 is 9.47 Å². The number of carbonyl (C=O) groups is 1. The first-order valence-electron chi connectivity index (χ1n) is 6.44. The first-order chi connectivity index (χ1) is 10.2. The molecule has 0 spiro atoms. The van der Waals surface area contributed by atoms with Crippen molar-refractivity contribution < 1.29 is 14.3 Å². The number of nitrogens with zero attached hydrogens (tertiary/aromatic N) is 2. The van der Waals surface area contributed by atoms with E-state index < -0.39 is 5.97 Å². The predicted molar refractivity (Wildman–Crippen MR) is 76.2 cm³/mol. The van der Waals surface area contributed by atoms with Gasteiger partial charge in [-0.15, -0.1) is 0 Å². The highest BCUT2D eigenvalue weighted by Crippen LogP contribution is 2.22. The molecule has 2 aromatic rings. The van der Waals surface area contributed by atoms with Gasteiger partial charge in [-0.05, 0) is 30.7 Å². The van der Waals surface area contributed by atoms with E-state index >= 15 is 0 Å². The van der Waals surface area contributed by atoms with Crippen molar-refractivity contribution >= 4 is 5.97 Å². The summed E-state index contributed by atoms with van der Waals surface area (Å²) in [5, 5.41) is 8.86. The van der Waals surface area contributed by atoms with Crippen molar-refractivity contribution in [2.75, 3.05) is 7.11 Å². The number of esters is 1. The first kappa shape index (κ1) is 14.5. The summed E-state index contributed by atoms with van der Waals surface area (Å²) in [6.07, 6.45) is 0.583. The minimum Gasteiger partial charge on any atom is -0.465 e. The standard InChI is InChI=1S/C16H14N2O3/c1-3-14-13(16(19)20-2)7-8-15(18-14)21-12-6-4-5-11(9-12)10-17/h4-9H,3H2,1-2H3. The maximum Gasteiger partial charge on any atom is 0.339 e. The molecule has 0 saturated carbocycles. The number of hydrogen-bond donors (Lipinski definition) is 0. The van der Waals surface area contributed by atoms with E-state index in [1.807, 2.05) is 13.0 Å². The van der Waals surface area contributed by atoms with Crippen LogP contribution in [0.2, 0.25) is 0 Å². The number of aryl methyl sites for hydroxylation is 1. The number of ether oxygens (including phenoxy) is 2. The third-order valence-corrected chi connectivity index (χ3v) is 2.87. The zero-order valence-electron chi connectivity index (χ0n) is 11.8. The van der Waals surface area contributed by atoms with Gasteiger partial charge in [0.25, 0.3) is 0 Å². The van der Waals surface area contributed by atoms with Gasteiger partial charge in [0.15, 0.2) is 0 Å². The van der Waals surface area contributed by atoms with Gasteiger partial charge in [0.2, 0.25) is 5.88 Å². The Morgan fingerprint density at radius 1 is 1.33 bits per heavy atom. The van der Waals surface area contributed by atoms with Crippen LogP contribution in [-0.4, -0.2) is 18.1 Å². The third kappa shape index (κ3) is 3.37. The molecule has 0 bridgehead atoms. The third-order valence-electron chi connectivity index (χ3n) is 2.87. The smallest absolute Gasteiger partial charge is 0.339 e. The molecule has 0 aliphatic heterocycles. The summed E-state index contributed by atoms with van der Waals surface area (Å²) in [7, 11) is 1.33. The highest BCUT2D eigenvalue weighted by molar-refractivity contribution is 5.90. The molecule has 0 aliphatic rings. The quantitative estimate of drug-likeness (QED) is 0.806.